The van der Waals surface area contributed by atoms with Crippen molar-refractivity contribution in [3.8, 4) is 0 Å². The molecule has 2 rings (SSSR count). The molecule has 0 aliphatic heterocycles. The fraction of sp³-hybridized carbons (Fsp3) is 0.429. The lowest BCUT2D eigenvalue weighted by Crippen LogP contribution is -2.53. The highest BCUT2D eigenvalue weighted by atomic mass is 19.4. The summed E-state index contributed by atoms with van der Waals surface area (Å²) in [6, 6.07) is 11.4. The minimum Gasteiger partial charge on any atom is -0.379 e. The van der Waals surface area contributed by atoms with Crippen molar-refractivity contribution < 1.29 is 23.0 Å². The smallest absolute Gasteiger partial charge is 0.379 e. The summed E-state index contributed by atoms with van der Waals surface area (Å²) < 4.78 is 45.2. The number of hydrogen-bond donors (Lipinski definition) is 1. The summed E-state index contributed by atoms with van der Waals surface area (Å²) in [4.78, 5) is 0. The van der Waals surface area contributed by atoms with Crippen molar-refractivity contribution >= 4 is 16.3 Å². The third kappa shape index (κ3) is 3.64. The number of fused-ring (bicyclic) bond motifs is 1. The molecule has 1 N–H and O–H groups in total. The molecule has 0 spiro atoms. The zero-order chi connectivity index (χ0) is 19.9. The third-order valence-electron chi connectivity index (χ3n) is 4.85. The van der Waals surface area contributed by atoms with E-state index in [1.165, 1.54) is 6.92 Å². The summed E-state index contributed by atoms with van der Waals surface area (Å²) in [6.07, 6.45) is -6.24. The van der Waals surface area contributed by atoms with Gasteiger partial charge in [-0.2, -0.15) is 13.2 Å². The SMILES string of the molecule is C=C(C)c1cccc2cccc(C(C)(C)OC(C)C(C)(O)C(F)(F)F)c12. The molecule has 0 amide bonds. The molecule has 0 aliphatic carbocycles. The van der Waals surface area contributed by atoms with Gasteiger partial charge in [0.05, 0.1) is 11.7 Å². The van der Waals surface area contributed by atoms with Gasteiger partial charge < -0.3 is 9.84 Å². The van der Waals surface area contributed by atoms with E-state index in [2.05, 4.69) is 6.58 Å². The van der Waals surface area contributed by atoms with Crippen LogP contribution >= 0.6 is 0 Å². The molecule has 0 bridgehead atoms. The molecule has 0 heterocycles. The monoisotopic (exact) mass is 366 g/mol. The molecule has 0 saturated carbocycles. The second-order valence-electron chi connectivity index (χ2n) is 7.41. The average Bonchev–Trinajstić information content (AvgIpc) is 2.51. The van der Waals surface area contributed by atoms with Crippen molar-refractivity contribution in [3.05, 3.63) is 54.1 Å². The fourth-order valence-corrected chi connectivity index (χ4v) is 3.05. The Morgan fingerprint density at radius 1 is 1.08 bits per heavy atom. The number of ether oxygens (including phenoxy) is 1. The van der Waals surface area contributed by atoms with Gasteiger partial charge in [-0.25, -0.2) is 0 Å². The Labute approximate surface area is 152 Å². The van der Waals surface area contributed by atoms with Crippen molar-refractivity contribution in [1.82, 2.24) is 0 Å². The van der Waals surface area contributed by atoms with Gasteiger partial charge in [-0.05, 0) is 56.5 Å². The van der Waals surface area contributed by atoms with Crippen LogP contribution in [0.3, 0.4) is 0 Å². The molecular formula is C21H25F3O2. The van der Waals surface area contributed by atoms with E-state index in [9.17, 15) is 18.3 Å². The summed E-state index contributed by atoms with van der Waals surface area (Å²) in [5, 5.41) is 11.8. The van der Waals surface area contributed by atoms with Gasteiger partial charge in [0.2, 0.25) is 0 Å². The third-order valence-corrected chi connectivity index (χ3v) is 4.85. The highest BCUT2D eigenvalue weighted by Crippen LogP contribution is 2.40. The molecule has 2 nitrogen and oxygen atoms in total. The molecule has 0 saturated heterocycles. The Hall–Kier alpha value is -1.85. The Morgan fingerprint density at radius 3 is 2.12 bits per heavy atom. The Morgan fingerprint density at radius 2 is 1.62 bits per heavy atom. The minimum atomic E-state index is -4.79. The molecule has 0 aromatic heterocycles. The number of halogens is 3. The van der Waals surface area contributed by atoms with Gasteiger partial charge >= 0.3 is 6.18 Å². The average molecular weight is 366 g/mol. The van der Waals surface area contributed by atoms with E-state index in [1.54, 1.807) is 13.8 Å². The molecule has 2 aromatic rings. The van der Waals surface area contributed by atoms with Crippen LogP contribution in [0.4, 0.5) is 13.2 Å². The minimum absolute atomic E-state index is 0.732. The van der Waals surface area contributed by atoms with E-state index in [0.29, 0.717) is 0 Å². The summed E-state index contributed by atoms with van der Waals surface area (Å²) in [6.45, 7) is 11.3. The molecule has 0 aliphatic rings. The molecule has 2 atom stereocenters. The van der Waals surface area contributed by atoms with Crippen LogP contribution in [0, 0.1) is 0 Å². The van der Waals surface area contributed by atoms with Crippen LogP contribution in [0.5, 0.6) is 0 Å². The first-order chi connectivity index (χ1) is 11.8. The number of rotatable bonds is 5. The van der Waals surface area contributed by atoms with E-state index in [0.717, 1.165) is 34.4 Å². The maximum atomic E-state index is 13.1. The summed E-state index contributed by atoms with van der Waals surface area (Å²) in [5.41, 5.74) is -1.48. The molecule has 0 fully saturated rings. The lowest BCUT2D eigenvalue weighted by atomic mass is 9.87. The number of hydrogen-bond acceptors (Lipinski definition) is 2. The predicted molar refractivity (Wildman–Crippen MR) is 98.9 cm³/mol. The molecule has 142 valence electrons. The van der Waals surface area contributed by atoms with Gasteiger partial charge in [-0.15, -0.1) is 0 Å². The van der Waals surface area contributed by atoms with Gasteiger partial charge in [0, 0.05) is 0 Å². The summed E-state index contributed by atoms with van der Waals surface area (Å²) >= 11 is 0. The van der Waals surface area contributed by atoms with Crippen LogP contribution < -0.4 is 0 Å². The summed E-state index contributed by atoms with van der Waals surface area (Å²) in [7, 11) is 0. The second kappa shape index (κ2) is 6.71. The first-order valence-electron chi connectivity index (χ1n) is 8.44. The van der Waals surface area contributed by atoms with Crippen LogP contribution in [0.2, 0.25) is 0 Å². The summed E-state index contributed by atoms with van der Waals surface area (Å²) in [5.74, 6) is 0. The van der Waals surface area contributed by atoms with Crippen LogP contribution in [-0.2, 0) is 10.3 Å². The van der Waals surface area contributed by atoms with Crippen LogP contribution in [0.25, 0.3) is 16.3 Å². The molecule has 0 radical (unpaired) electrons. The van der Waals surface area contributed by atoms with Crippen molar-refractivity contribution in [2.75, 3.05) is 0 Å². The standard InChI is InChI=1S/C21H25F3O2/c1-13(2)16-11-7-9-15-10-8-12-17(18(15)16)19(4,5)26-14(3)20(6,25)21(22,23)24/h7-12,14,25H,1H2,2-6H3. The van der Waals surface area contributed by atoms with Crippen molar-refractivity contribution in [3.63, 3.8) is 0 Å². The predicted octanol–water partition coefficient (Wildman–Crippen LogP) is 5.83. The normalized spacial score (nSPS) is 16.3. The van der Waals surface area contributed by atoms with E-state index >= 15 is 0 Å². The molecule has 26 heavy (non-hydrogen) atoms. The van der Waals surface area contributed by atoms with Crippen molar-refractivity contribution in [2.45, 2.75) is 58.1 Å². The topological polar surface area (TPSA) is 29.5 Å². The highest BCUT2D eigenvalue weighted by Gasteiger charge is 2.55. The van der Waals surface area contributed by atoms with Gasteiger partial charge in [0.1, 0.15) is 0 Å². The zero-order valence-electron chi connectivity index (χ0n) is 15.7. The molecule has 5 heteroatoms. The number of allylic oxidation sites excluding steroid dienone is 1. The first-order valence-corrected chi connectivity index (χ1v) is 8.44. The fourth-order valence-electron chi connectivity index (χ4n) is 3.05. The van der Waals surface area contributed by atoms with E-state index in [-0.39, 0.29) is 0 Å². The van der Waals surface area contributed by atoms with Crippen LogP contribution in [0.1, 0.15) is 45.7 Å². The molecular weight excluding hydrogens is 341 g/mol. The maximum Gasteiger partial charge on any atom is 0.419 e. The van der Waals surface area contributed by atoms with Gasteiger partial charge in [-0.3, -0.25) is 0 Å². The van der Waals surface area contributed by atoms with Gasteiger partial charge in [0.15, 0.2) is 5.60 Å². The maximum absolute atomic E-state index is 13.1. The number of aliphatic hydroxyl groups is 1. The van der Waals surface area contributed by atoms with E-state index in [1.807, 2.05) is 43.3 Å². The second-order valence-corrected chi connectivity index (χ2v) is 7.41. The lowest BCUT2D eigenvalue weighted by molar-refractivity contribution is -0.298. The van der Waals surface area contributed by atoms with E-state index < -0.39 is 23.5 Å². The molecule has 2 unspecified atom stereocenters. The Kier molecular flexibility index (Phi) is 5.28. The largest absolute Gasteiger partial charge is 0.419 e. The van der Waals surface area contributed by atoms with Gasteiger partial charge in [-0.1, -0.05) is 48.6 Å². The van der Waals surface area contributed by atoms with Crippen LogP contribution in [-0.4, -0.2) is 23.0 Å². The van der Waals surface area contributed by atoms with E-state index in [4.69, 9.17) is 4.74 Å². The van der Waals surface area contributed by atoms with Crippen LogP contribution in [0.15, 0.2) is 43.0 Å². The Bertz CT molecular complexity index is 814. The highest BCUT2D eigenvalue weighted by molar-refractivity contribution is 5.96. The van der Waals surface area contributed by atoms with Crippen molar-refractivity contribution in [2.24, 2.45) is 0 Å². The lowest BCUT2D eigenvalue weighted by Gasteiger charge is -2.38. The quantitative estimate of drug-likeness (QED) is 0.722. The number of benzene rings is 2. The first kappa shape index (κ1) is 20.5. The number of alkyl halides is 3. The zero-order valence-corrected chi connectivity index (χ0v) is 15.7. The van der Waals surface area contributed by atoms with Gasteiger partial charge in [0.25, 0.3) is 0 Å². The van der Waals surface area contributed by atoms with Crippen molar-refractivity contribution in [1.29, 1.82) is 0 Å². The Balaban J connectivity index is 2.55. The molecule has 2 aromatic carbocycles.